The highest BCUT2D eigenvalue weighted by Crippen LogP contribution is 2.36. The normalized spacial score (nSPS) is 11.4. The lowest BCUT2D eigenvalue weighted by Crippen LogP contribution is -2.17. The highest BCUT2D eigenvalue weighted by Gasteiger charge is 2.34. The average Bonchev–Trinajstić information content (AvgIpc) is 3.06. The second kappa shape index (κ2) is 7.01. The van der Waals surface area contributed by atoms with Crippen LogP contribution in [0.25, 0.3) is 11.3 Å². The fourth-order valence-electron chi connectivity index (χ4n) is 2.28. The highest BCUT2D eigenvalue weighted by atomic mass is 35.5. The van der Waals surface area contributed by atoms with Gasteiger partial charge in [0.05, 0.1) is 16.9 Å². The minimum absolute atomic E-state index is 0.00282. The molecule has 3 aromatic rings. The number of benzene rings is 2. The van der Waals surface area contributed by atoms with Crippen LogP contribution in [0, 0.1) is 0 Å². The second-order valence-electron chi connectivity index (χ2n) is 5.32. The monoisotopic (exact) mass is 399 g/mol. The second-order valence-corrected chi connectivity index (χ2v) is 6.19. The summed E-state index contributed by atoms with van der Waals surface area (Å²) in [6.07, 6.45) is -4.66. The predicted octanol–water partition coefficient (Wildman–Crippen LogP) is 5.65. The molecule has 9 heteroatoms. The number of aromatic amines is 1. The number of nitrogens with one attached hydrogen (secondary N) is 2. The number of alkyl halides is 3. The summed E-state index contributed by atoms with van der Waals surface area (Å²) in [5.74, 6) is -0.765. The van der Waals surface area contributed by atoms with E-state index in [1.165, 1.54) is 12.1 Å². The van der Waals surface area contributed by atoms with Crippen molar-refractivity contribution in [2.24, 2.45) is 0 Å². The molecule has 0 aliphatic carbocycles. The molecule has 0 radical (unpaired) electrons. The van der Waals surface area contributed by atoms with E-state index >= 15 is 0 Å². The zero-order valence-electron chi connectivity index (χ0n) is 12.9. The molecule has 0 saturated heterocycles. The van der Waals surface area contributed by atoms with Crippen LogP contribution in [0.2, 0.25) is 10.0 Å². The van der Waals surface area contributed by atoms with Gasteiger partial charge in [0.15, 0.2) is 0 Å². The Labute approximate surface area is 155 Å². The number of amides is 1. The maximum Gasteiger partial charge on any atom is 0.418 e. The van der Waals surface area contributed by atoms with Crippen molar-refractivity contribution in [2.45, 2.75) is 6.18 Å². The van der Waals surface area contributed by atoms with E-state index < -0.39 is 23.3 Å². The van der Waals surface area contributed by atoms with Gasteiger partial charge in [-0.15, -0.1) is 0 Å². The minimum Gasteiger partial charge on any atom is -0.320 e. The van der Waals surface area contributed by atoms with Crippen LogP contribution >= 0.6 is 23.2 Å². The Bertz CT molecular complexity index is 970. The third kappa shape index (κ3) is 4.00. The van der Waals surface area contributed by atoms with Crippen molar-refractivity contribution in [3.05, 3.63) is 69.8 Å². The number of halogens is 5. The van der Waals surface area contributed by atoms with Crippen LogP contribution in [-0.4, -0.2) is 16.1 Å². The lowest BCUT2D eigenvalue weighted by molar-refractivity contribution is -0.136. The standard InChI is InChI=1S/C17H10Cl2F3N3O/c18-10-3-1-2-9(6-10)14-8-15(25-24-14)16(26)23-13-5-4-11(19)7-12(13)17(20,21)22/h1-8H,(H,23,26)(H,24,25). The first-order chi connectivity index (χ1) is 12.2. The number of rotatable bonds is 3. The van der Waals surface area contributed by atoms with Gasteiger partial charge in [-0.25, -0.2) is 0 Å². The first-order valence-electron chi connectivity index (χ1n) is 7.23. The Morgan fingerprint density at radius 1 is 1.04 bits per heavy atom. The Morgan fingerprint density at radius 3 is 2.46 bits per heavy atom. The number of aromatic nitrogens is 2. The van der Waals surface area contributed by atoms with Gasteiger partial charge in [0.2, 0.25) is 0 Å². The fourth-order valence-corrected chi connectivity index (χ4v) is 2.65. The van der Waals surface area contributed by atoms with Crippen LogP contribution in [0.15, 0.2) is 48.5 Å². The molecule has 26 heavy (non-hydrogen) atoms. The van der Waals surface area contributed by atoms with Gasteiger partial charge in [-0.05, 0) is 36.4 Å². The average molecular weight is 400 g/mol. The molecular formula is C17H10Cl2F3N3O. The van der Waals surface area contributed by atoms with Gasteiger partial charge in [-0.1, -0.05) is 35.3 Å². The van der Waals surface area contributed by atoms with Gasteiger partial charge in [-0.3, -0.25) is 9.89 Å². The molecule has 0 bridgehead atoms. The van der Waals surface area contributed by atoms with Crippen LogP contribution < -0.4 is 5.32 Å². The lowest BCUT2D eigenvalue weighted by atomic mass is 10.1. The van der Waals surface area contributed by atoms with Crippen molar-refractivity contribution in [1.82, 2.24) is 10.2 Å². The molecule has 1 amide bonds. The summed E-state index contributed by atoms with van der Waals surface area (Å²) in [5.41, 5.74) is -0.332. The predicted molar refractivity (Wildman–Crippen MR) is 93.4 cm³/mol. The van der Waals surface area contributed by atoms with E-state index in [-0.39, 0.29) is 10.7 Å². The smallest absolute Gasteiger partial charge is 0.320 e. The van der Waals surface area contributed by atoms with Crippen LogP contribution in [0.4, 0.5) is 18.9 Å². The molecule has 3 rings (SSSR count). The third-order valence-corrected chi connectivity index (χ3v) is 3.95. The van der Waals surface area contributed by atoms with E-state index in [1.807, 2.05) is 0 Å². The SMILES string of the molecule is O=C(Nc1ccc(Cl)cc1C(F)(F)F)c1cc(-c2cccc(Cl)c2)n[nH]1. The number of anilines is 1. The maximum atomic E-state index is 13.1. The zero-order valence-corrected chi connectivity index (χ0v) is 14.4. The molecule has 0 saturated carbocycles. The Kier molecular flexibility index (Phi) is 4.93. The number of carbonyl (C=O) groups excluding carboxylic acids is 1. The largest absolute Gasteiger partial charge is 0.418 e. The van der Waals surface area contributed by atoms with Crippen molar-refractivity contribution >= 4 is 34.8 Å². The van der Waals surface area contributed by atoms with Crippen LogP contribution in [0.3, 0.4) is 0 Å². The van der Waals surface area contributed by atoms with Gasteiger partial charge >= 0.3 is 6.18 Å². The van der Waals surface area contributed by atoms with E-state index in [0.717, 1.165) is 12.1 Å². The van der Waals surface area contributed by atoms with E-state index in [9.17, 15) is 18.0 Å². The van der Waals surface area contributed by atoms with Gasteiger partial charge in [0.25, 0.3) is 5.91 Å². The van der Waals surface area contributed by atoms with Crippen molar-refractivity contribution in [3.63, 3.8) is 0 Å². The van der Waals surface area contributed by atoms with Crippen molar-refractivity contribution in [1.29, 1.82) is 0 Å². The first-order valence-corrected chi connectivity index (χ1v) is 7.99. The number of carbonyl (C=O) groups is 1. The third-order valence-electron chi connectivity index (χ3n) is 3.48. The maximum absolute atomic E-state index is 13.1. The summed E-state index contributed by atoms with van der Waals surface area (Å²) < 4.78 is 39.3. The molecule has 4 nitrogen and oxygen atoms in total. The first kappa shape index (κ1) is 18.3. The number of H-pyrrole nitrogens is 1. The topological polar surface area (TPSA) is 57.8 Å². The van der Waals surface area contributed by atoms with E-state index in [0.29, 0.717) is 16.3 Å². The molecule has 1 heterocycles. The number of nitrogens with zero attached hydrogens (tertiary/aromatic N) is 1. The van der Waals surface area contributed by atoms with Crippen LogP contribution in [0.5, 0.6) is 0 Å². The Balaban J connectivity index is 1.86. The van der Waals surface area contributed by atoms with Crippen molar-refractivity contribution in [3.8, 4) is 11.3 Å². The molecule has 0 atom stereocenters. The molecule has 2 aromatic carbocycles. The minimum atomic E-state index is -4.66. The Morgan fingerprint density at radius 2 is 1.77 bits per heavy atom. The summed E-state index contributed by atoms with van der Waals surface area (Å²) >= 11 is 11.5. The summed E-state index contributed by atoms with van der Waals surface area (Å²) in [6, 6.07) is 11.3. The molecule has 134 valence electrons. The van der Waals surface area contributed by atoms with Crippen molar-refractivity contribution < 1.29 is 18.0 Å². The molecule has 0 aliphatic heterocycles. The molecule has 0 unspecified atom stereocenters. The summed E-state index contributed by atoms with van der Waals surface area (Å²) in [6.45, 7) is 0. The summed E-state index contributed by atoms with van der Waals surface area (Å²) in [7, 11) is 0. The summed E-state index contributed by atoms with van der Waals surface area (Å²) in [4.78, 5) is 12.3. The quantitative estimate of drug-likeness (QED) is 0.597. The van der Waals surface area contributed by atoms with Gasteiger partial charge in [-0.2, -0.15) is 18.3 Å². The molecule has 0 spiro atoms. The Hall–Kier alpha value is -2.51. The van der Waals surface area contributed by atoms with E-state index in [2.05, 4.69) is 15.5 Å². The summed E-state index contributed by atoms with van der Waals surface area (Å²) in [5, 5.41) is 9.12. The van der Waals surface area contributed by atoms with E-state index in [1.54, 1.807) is 24.3 Å². The van der Waals surface area contributed by atoms with Gasteiger partial charge in [0, 0.05) is 15.6 Å². The number of hydrogen-bond acceptors (Lipinski definition) is 2. The van der Waals surface area contributed by atoms with Gasteiger partial charge in [0.1, 0.15) is 5.69 Å². The van der Waals surface area contributed by atoms with Crippen LogP contribution in [0.1, 0.15) is 16.1 Å². The highest BCUT2D eigenvalue weighted by molar-refractivity contribution is 6.31. The molecular weight excluding hydrogens is 390 g/mol. The molecule has 1 aromatic heterocycles. The van der Waals surface area contributed by atoms with Crippen LogP contribution in [-0.2, 0) is 6.18 Å². The lowest BCUT2D eigenvalue weighted by Gasteiger charge is -2.13. The molecule has 0 fully saturated rings. The fraction of sp³-hybridized carbons (Fsp3) is 0.0588. The zero-order chi connectivity index (χ0) is 18.9. The molecule has 0 aliphatic rings. The van der Waals surface area contributed by atoms with Crippen molar-refractivity contribution in [2.75, 3.05) is 5.32 Å². The van der Waals surface area contributed by atoms with Gasteiger partial charge < -0.3 is 5.32 Å². The molecule has 2 N–H and O–H groups in total. The number of hydrogen-bond donors (Lipinski definition) is 2. The van der Waals surface area contributed by atoms with E-state index in [4.69, 9.17) is 23.2 Å².